The molecule has 0 saturated heterocycles. The summed E-state index contributed by atoms with van der Waals surface area (Å²) in [5.41, 5.74) is -1.17. The van der Waals surface area contributed by atoms with Gasteiger partial charge in [0, 0.05) is 0 Å². The number of halogens is 5. The zero-order valence-corrected chi connectivity index (χ0v) is 11.4. The molecular formula is C14H11F5O2. The van der Waals surface area contributed by atoms with Crippen molar-refractivity contribution in [2.24, 2.45) is 0 Å². The van der Waals surface area contributed by atoms with Crippen molar-refractivity contribution in [1.29, 1.82) is 0 Å². The highest BCUT2D eigenvalue weighted by atomic mass is 19.2. The number of rotatable bonds is 3. The number of allylic oxidation sites excluding steroid dienone is 4. The zero-order valence-electron chi connectivity index (χ0n) is 11.4. The SMILES string of the molecule is C/C=C\C(C)=C(/C)OC(=O)c1c(F)c(F)c(F)c(F)c1F. The summed E-state index contributed by atoms with van der Waals surface area (Å²) in [7, 11) is 0. The summed E-state index contributed by atoms with van der Waals surface area (Å²) in [6.07, 6.45) is 3.16. The molecule has 0 radical (unpaired) electrons. The van der Waals surface area contributed by atoms with Crippen LogP contribution in [0.1, 0.15) is 31.1 Å². The maximum atomic E-state index is 13.4. The minimum absolute atomic E-state index is 0.0259. The molecule has 0 aliphatic carbocycles. The molecule has 1 aromatic carbocycles. The molecule has 0 N–H and O–H groups in total. The first kappa shape index (κ1) is 16.9. The van der Waals surface area contributed by atoms with Gasteiger partial charge < -0.3 is 4.74 Å². The Bertz CT molecular complexity index is 618. The fourth-order valence-corrected chi connectivity index (χ4v) is 1.42. The molecule has 0 spiro atoms. The van der Waals surface area contributed by atoms with Gasteiger partial charge in [-0.2, -0.15) is 0 Å². The number of hydrogen-bond donors (Lipinski definition) is 0. The monoisotopic (exact) mass is 306 g/mol. The van der Waals surface area contributed by atoms with E-state index in [2.05, 4.69) is 4.74 Å². The van der Waals surface area contributed by atoms with Crippen molar-refractivity contribution in [2.75, 3.05) is 0 Å². The summed E-state index contributed by atoms with van der Waals surface area (Å²) < 4.78 is 70.2. The Labute approximate surface area is 117 Å². The van der Waals surface area contributed by atoms with E-state index in [-0.39, 0.29) is 5.76 Å². The van der Waals surface area contributed by atoms with Crippen LogP contribution in [0.3, 0.4) is 0 Å². The van der Waals surface area contributed by atoms with Crippen LogP contribution >= 0.6 is 0 Å². The number of carbonyl (C=O) groups is 1. The molecule has 0 aliphatic heterocycles. The van der Waals surface area contributed by atoms with E-state index in [0.29, 0.717) is 5.57 Å². The van der Waals surface area contributed by atoms with Gasteiger partial charge in [-0.1, -0.05) is 12.2 Å². The highest BCUT2D eigenvalue weighted by molar-refractivity contribution is 5.90. The first-order valence-electron chi connectivity index (χ1n) is 5.76. The van der Waals surface area contributed by atoms with Gasteiger partial charge in [0.05, 0.1) is 0 Å². The predicted octanol–water partition coefficient (Wildman–Crippen LogP) is 4.41. The molecule has 21 heavy (non-hydrogen) atoms. The van der Waals surface area contributed by atoms with Crippen LogP contribution in [0, 0.1) is 29.1 Å². The largest absolute Gasteiger partial charge is 0.427 e. The first-order chi connectivity index (χ1) is 9.72. The molecule has 114 valence electrons. The van der Waals surface area contributed by atoms with Crippen molar-refractivity contribution < 1.29 is 31.5 Å². The van der Waals surface area contributed by atoms with Crippen molar-refractivity contribution >= 4 is 5.97 Å². The molecule has 0 aliphatic rings. The number of carbonyl (C=O) groups excluding carboxylic acids is 1. The lowest BCUT2D eigenvalue weighted by Crippen LogP contribution is -2.15. The second-order valence-electron chi connectivity index (χ2n) is 4.07. The molecule has 2 nitrogen and oxygen atoms in total. The van der Waals surface area contributed by atoms with E-state index in [9.17, 15) is 26.7 Å². The third-order valence-corrected chi connectivity index (χ3v) is 2.63. The lowest BCUT2D eigenvalue weighted by Gasteiger charge is -2.09. The molecule has 0 saturated carbocycles. The Balaban J connectivity index is 3.30. The highest BCUT2D eigenvalue weighted by Crippen LogP contribution is 2.24. The highest BCUT2D eigenvalue weighted by Gasteiger charge is 2.31. The first-order valence-corrected chi connectivity index (χ1v) is 5.76. The predicted molar refractivity (Wildman–Crippen MR) is 64.8 cm³/mol. The number of benzene rings is 1. The Hall–Kier alpha value is -2.18. The van der Waals surface area contributed by atoms with E-state index in [1.165, 1.54) is 6.92 Å². The van der Waals surface area contributed by atoms with Crippen LogP contribution in [0.15, 0.2) is 23.5 Å². The molecule has 0 atom stereocenters. The summed E-state index contributed by atoms with van der Waals surface area (Å²) in [5.74, 6) is -12.9. The van der Waals surface area contributed by atoms with Crippen molar-refractivity contribution in [1.82, 2.24) is 0 Å². The van der Waals surface area contributed by atoms with Gasteiger partial charge in [0.2, 0.25) is 5.82 Å². The standard InChI is InChI=1S/C14H11F5O2/c1-4-5-6(2)7(3)21-14(20)8-9(15)11(17)13(19)12(18)10(8)16/h4-5H,1-3H3/b5-4-,7-6+. The Morgan fingerprint density at radius 2 is 1.33 bits per heavy atom. The number of esters is 1. The minimum Gasteiger partial charge on any atom is -0.427 e. The van der Waals surface area contributed by atoms with Gasteiger partial charge in [-0.15, -0.1) is 0 Å². The van der Waals surface area contributed by atoms with E-state index < -0.39 is 40.6 Å². The van der Waals surface area contributed by atoms with Gasteiger partial charge >= 0.3 is 5.97 Å². The van der Waals surface area contributed by atoms with Crippen LogP contribution in [0.25, 0.3) is 0 Å². The second-order valence-corrected chi connectivity index (χ2v) is 4.07. The number of ether oxygens (including phenoxy) is 1. The number of hydrogen-bond acceptors (Lipinski definition) is 2. The van der Waals surface area contributed by atoms with E-state index in [4.69, 9.17) is 0 Å². The topological polar surface area (TPSA) is 26.3 Å². The van der Waals surface area contributed by atoms with Gasteiger partial charge in [0.1, 0.15) is 11.3 Å². The van der Waals surface area contributed by atoms with Gasteiger partial charge in [-0.05, 0) is 26.3 Å². The van der Waals surface area contributed by atoms with Crippen LogP contribution in [-0.2, 0) is 4.74 Å². The summed E-state index contributed by atoms with van der Waals surface area (Å²) in [6.45, 7) is 4.54. The fourth-order valence-electron chi connectivity index (χ4n) is 1.42. The molecule has 1 aromatic rings. The fraction of sp³-hybridized carbons (Fsp3) is 0.214. The zero-order chi connectivity index (χ0) is 16.3. The van der Waals surface area contributed by atoms with Gasteiger partial charge in [0.15, 0.2) is 23.3 Å². The van der Waals surface area contributed by atoms with E-state index in [0.717, 1.165) is 0 Å². The summed E-state index contributed by atoms with van der Waals surface area (Å²) in [4.78, 5) is 11.6. The summed E-state index contributed by atoms with van der Waals surface area (Å²) >= 11 is 0. The lowest BCUT2D eigenvalue weighted by atomic mass is 10.1. The third kappa shape index (κ3) is 3.29. The molecule has 0 bridgehead atoms. The molecule has 0 amide bonds. The lowest BCUT2D eigenvalue weighted by molar-refractivity contribution is 0.0609. The third-order valence-electron chi connectivity index (χ3n) is 2.63. The van der Waals surface area contributed by atoms with Crippen LogP contribution in [0.2, 0.25) is 0 Å². The summed E-state index contributed by atoms with van der Waals surface area (Å²) in [5, 5.41) is 0. The van der Waals surface area contributed by atoms with Crippen LogP contribution in [0.4, 0.5) is 22.0 Å². The van der Waals surface area contributed by atoms with E-state index in [1.807, 2.05) is 0 Å². The van der Waals surface area contributed by atoms with Crippen LogP contribution < -0.4 is 0 Å². The average Bonchev–Trinajstić information content (AvgIpc) is 2.43. The normalized spacial score (nSPS) is 12.6. The molecule has 0 unspecified atom stereocenters. The molecule has 0 fully saturated rings. The Morgan fingerprint density at radius 3 is 1.76 bits per heavy atom. The molecule has 1 rings (SSSR count). The smallest absolute Gasteiger partial charge is 0.349 e. The average molecular weight is 306 g/mol. The second kappa shape index (κ2) is 6.51. The van der Waals surface area contributed by atoms with Crippen molar-refractivity contribution in [3.8, 4) is 0 Å². The van der Waals surface area contributed by atoms with Crippen molar-refractivity contribution in [3.05, 3.63) is 58.1 Å². The molecule has 7 heteroatoms. The maximum Gasteiger partial charge on any atom is 0.349 e. The van der Waals surface area contributed by atoms with Gasteiger partial charge in [-0.3, -0.25) is 0 Å². The van der Waals surface area contributed by atoms with Gasteiger partial charge in [-0.25, -0.2) is 26.7 Å². The molecular weight excluding hydrogens is 295 g/mol. The maximum absolute atomic E-state index is 13.4. The molecule has 0 heterocycles. The quantitative estimate of drug-likeness (QED) is 0.206. The van der Waals surface area contributed by atoms with Gasteiger partial charge in [0.25, 0.3) is 0 Å². The Kier molecular flexibility index (Phi) is 5.23. The minimum atomic E-state index is -2.33. The van der Waals surface area contributed by atoms with Crippen molar-refractivity contribution in [3.63, 3.8) is 0 Å². The van der Waals surface area contributed by atoms with E-state index >= 15 is 0 Å². The van der Waals surface area contributed by atoms with Crippen LogP contribution in [0.5, 0.6) is 0 Å². The molecule has 0 aromatic heterocycles. The Morgan fingerprint density at radius 1 is 0.905 bits per heavy atom. The van der Waals surface area contributed by atoms with Crippen molar-refractivity contribution in [2.45, 2.75) is 20.8 Å². The summed E-state index contributed by atoms with van der Waals surface area (Å²) in [6, 6.07) is 0. The van der Waals surface area contributed by atoms with Crippen LogP contribution in [-0.4, -0.2) is 5.97 Å². The van der Waals surface area contributed by atoms with E-state index in [1.54, 1.807) is 26.0 Å².